The Hall–Kier alpha value is -1.32. The first kappa shape index (κ1) is 20.4. The molecule has 1 aromatic carbocycles. The molecule has 2 saturated heterocycles. The third-order valence-corrected chi connectivity index (χ3v) is 8.41. The van der Waals surface area contributed by atoms with Gasteiger partial charge in [0.2, 0.25) is 5.91 Å². The van der Waals surface area contributed by atoms with E-state index < -0.39 is 9.84 Å². The molecule has 2 fully saturated rings. The maximum absolute atomic E-state index is 13.5. The summed E-state index contributed by atoms with van der Waals surface area (Å²) in [5.74, 6) is 1.26. The van der Waals surface area contributed by atoms with E-state index in [0.717, 1.165) is 18.7 Å². The summed E-state index contributed by atoms with van der Waals surface area (Å²) in [5.41, 5.74) is 0.838. The van der Waals surface area contributed by atoms with Gasteiger partial charge in [0, 0.05) is 5.25 Å². The molecule has 2 aliphatic heterocycles. The molecule has 1 amide bonds. The number of nitrogens with zero attached hydrogens (tertiary/aromatic N) is 1. The number of nitrogens with one attached hydrogen (secondary N) is 1. The van der Waals surface area contributed by atoms with E-state index in [-0.39, 0.29) is 28.5 Å². The van der Waals surface area contributed by atoms with Gasteiger partial charge in [-0.1, -0.05) is 0 Å². The van der Waals surface area contributed by atoms with E-state index in [2.05, 4.69) is 0 Å². The predicted molar refractivity (Wildman–Crippen MR) is 103 cm³/mol. The van der Waals surface area contributed by atoms with Crippen LogP contribution in [0.1, 0.15) is 12.0 Å². The lowest BCUT2D eigenvalue weighted by Gasteiger charge is -2.32. The van der Waals surface area contributed by atoms with Gasteiger partial charge in [-0.15, -0.1) is 11.8 Å². The van der Waals surface area contributed by atoms with Crippen LogP contribution in [-0.2, 0) is 21.2 Å². The largest absolute Gasteiger partial charge is 0.496 e. The summed E-state index contributed by atoms with van der Waals surface area (Å²) >= 11 is 1.46. The van der Waals surface area contributed by atoms with Gasteiger partial charge in [0.25, 0.3) is 0 Å². The average Bonchev–Trinajstić information content (AvgIpc) is 2.99. The first-order chi connectivity index (χ1) is 12.9. The molecule has 2 aliphatic rings. The SMILES string of the molecule is COc1ccc(F)cc1C[NH+]1CCN(C(=O)CS[C@H]2CCS(=O)(=O)C2)CC1. The van der Waals surface area contributed by atoms with Crippen molar-refractivity contribution in [3.63, 3.8) is 0 Å². The molecular weight excluding hydrogens is 391 g/mol. The molecule has 2 heterocycles. The van der Waals surface area contributed by atoms with Gasteiger partial charge in [-0.05, 0) is 24.6 Å². The average molecular weight is 418 g/mol. The minimum Gasteiger partial charge on any atom is -0.496 e. The molecule has 0 saturated carbocycles. The Morgan fingerprint density at radius 2 is 2.11 bits per heavy atom. The second-order valence-corrected chi connectivity index (χ2v) is 10.6. The lowest BCUT2D eigenvalue weighted by molar-refractivity contribution is -0.917. The molecule has 0 aliphatic carbocycles. The molecule has 1 aromatic rings. The highest BCUT2D eigenvalue weighted by Crippen LogP contribution is 2.24. The maximum atomic E-state index is 13.5. The highest BCUT2D eigenvalue weighted by atomic mass is 32.2. The monoisotopic (exact) mass is 417 g/mol. The number of carbonyl (C=O) groups excluding carboxylic acids is 1. The molecule has 6 nitrogen and oxygen atoms in total. The van der Waals surface area contributed by atoms with Crippen molar-refractivity contribution in [2.75, 3.05) is 50.5 Å². The molecular formula is C18H26FN2O4S2+. The van der Waals surface area contributed by atoms with Gasteiger partial charge in [-0.3, -0.25) is 4.79 Å². The fourth-order valence-electron chi connectivity index (χ4n) is 3.58. The topological polar surface area (TPSA) is 68.1 Å². The summed E-state index contributed by atoms with van der Waals surface area (Å²) in [5, 5.41) is 0.0475. The van der Waals surface area contributed by atoms with Crippen LogP contribution in [0.5, 0.6) is 5.75 Å². The fraction of sp³-hybridized carbons (Fsp3) is 0.611. The second-order valence-electron chi connectivity index (χ2n) is 7.10. The zero-order chi connectivity index (χ0) is 19.4. The minimum atomic E-state index is -2.90. The van der Waals surface area contributed by atoms with Crippen molar-refractivity contribution in [3.05, 3.63) is 29.6 Å². The molecule has 0 aromatic heterocycles. The molecule has 0 bridgehead atoms. The normalized spacial score (nSPS) is 22.7. The van der Waals surface area contributed by atoms with Gasteiger partial charge < -0.3 is 14.5 Å². The molecule has 0 radical (unpaired) electrons. The van der Waals surface area contributed by atoms with Crippen LogP contribution in [0.2, 0.25) is 0 Å². The van der Waals surface area contributed by atoms with E-state index in [9.17, 15) is 17.6 Å². The zero-order valence-electron chi connectivity index (χ0n) is 15.4. The third kappa shape index (κ3) is 5.58. The van der Waals surface area contributed by atoms with Crippen LogP contribution in [0.25, 0.3) is 0 Å². The van der Waals surface area contributed by atoms with Crippen LogP contribution in [-0.4, -0.2) is 75.0 Å². The molecule has 0 spiro atoms. The Morgan fingerprint density at radius 1 is 1.37 bits per heavy atom. The van der Waals surface area contributed by atoms with Crippen LogP contribution >= 0.6 is 11.8 Å². The summed E-state index contributed by atoms with van der Waals surface area (Å²) in [4.78, 5) is 15.5. The number of hydrogen-bond acceptors (Lipinski definition) is 5. The Bertz CT molecular complexity index is 780. The van der Waals surface area contributed by atoms with Crippen molar-refractivity contribution in [1.82, 2.24) is 4.90 Å². The van der Waals surface area contributed by atoms with E-state index in [0.29, 0.717) is 37.6 Å². The number of halogens is 1. The van der Waals surface area contributed by atoms with E-state index in [4.69, 9.17) is 4.74 Å². The van der Waals surface area contributed by atoms with Gasteiger partial charge in [0.1, 0.15) is 18.1 Å². The molecule has 3 rings (SSSR count). The van der Waals surface area contributed by atoms with Crippen LogP contribution in [0.3, 0.4) is 0 Å². The van der Waals surface area contributed by atoms with Crippen molar-refractivity contribution >= 4 is 27.5 Å². The number of amides is 1. The number of thioether (sulfide) groups is 1. The fourth-order valence-corrected chi connectivity index (χ4v) is 7.12. The molecule has 1 atom stereocenters. The summed E-state index contributed by atoms with van der Waals surface area (Å²) in [7, 11) is -1.32. The molecule has 1 N–H and O–H groups in total. The number of benzene rings is 1. The Kier molecular flexibility index (Phi) is 6.65. The maximum Gasteiger partial charge on any atom is 0.232 e. The number of carbonyl (C=O) groups is 1. The first-order valence-corrected chi connectivity index (χ1v) is 12.0. The summed E-state index contributed by atoms with van der Waals surface area (Å²) in [6.45, 7) is 3.59. The minimum absolute atomic E-state index is 0.0475. The van der Waals surface area contributed by atoms with Gasteiger partial charge in [0.05, 0.1) is 56.1 Å². The Labute approximate surface area is 164 Å². The van der Waals surface area contributed by atoms with E-state index in [1.54, 1.807) is 13.2 Å². The summed E-state index contributed by atoms with van der Waals surface area (Å²) < 4.78 is 41.8. The van der Waals surface area contributed by atoms with Crippen molar-refractivity contribution in [2.24, 2.45) is 0 Å². The number of rotatable bonds is 6. The van der Waals surface area contributed by atoms with Crippen molar-refractivity contribution in [1.29, 1.82) is 0 Å². The number of sulfone groups is 1. The number of methoxy groups -OCH3 is 1. The van der Waals surface area contributed by atoms with E-state index >= 15 is 0 Å². The lowest BCUT2D eigenvalue weighted by Crippen LogP contribution is -3.13. The molecule has 0 unspecified atom stereocenters. The van der Waals surface area contributed by atoms with Gasteiger partial charge in [-0.2, -0.15) is 0 Å². The molecule has 9 heteroatoms. The number of piperazine rings is 1. The van der Waals surface area contributed by atoms with Gasteiger partial charge in [0.15, 0.2) is 9.84 Å². The summed E-state index contributed by atoms with van der Waals surface area (Å²) in [6, 6.07) is 4.54. The van der Waals surface area contributed by atoms with E-state index in [1.807, 2.05) is 4.90 Å². The Balaban J connectivity index is 1.45. The lowest BCUT2D eigenvalue weighted by atomic mass is 10.1. The number of quaternary nitrogens is 1. The van der Waals surface area contributed by atoms with Gasteiger partial charge >= 0.3 is 0 Å². The van der Waals surface area contributed by atoms with Crippen molar-refractivity contribution < 1.29 is 27.2 Å². The quantitative estimate of drug-likeness (QED) is 0.705. The zero-order valence-corrected chi connectivity index (χ0v) is 17.1. The van der Waals surface area contributed by atoms with Crippen LogP contribution < -0.4 is 9.64 Å². The molecule has 150 valence electrons. The van der Waals surface area contributed by atoms with Crippen molar-refractivity contribution in [3.8, 4) is 5.75 Å². The second kappa shape index (κ2) is 8.79. The predicted octanol–water partition coefficient (Wildman–Crippen LogP) is -0.0183. The van der Waals surface area contributed by atoms with Crippen LogP contribution in [0.4, 0.5) is 4.39 Å². The van der Waals surface area contributed by atoms with Crippen LogP contribution in [0.15, 0.2) is 18.2 Å². The number of ether oxygens (including phenoxy) is 1. The van der Waals surface area contributed by atoms with Crippen LogP contribution in [0, 0.1) is 5.82 Å². The van der Waals surface area contributed by atoms with E-state index in [1.165, 1.54) is 28.8 Å². The standard InChI is InChI=1S/C18H25FN2O4S2/c1-25-17-3-2-15(19)10-14(17)11-20-5-7-21(8-6-20)18(22)12-26-16-4-9-27(23,24)13-16/h2-3,10,16H,4-9,11-13H2,1H3/p+1/t16-/m0/s1. The highest BCUT2D eigenvalue weighted by Gasteiger charge is 2.30. The van der Waals surface area contributed by atoms with Crippen molar-refractivity contribution in [2.45, 2.75) is 18.2 Å². The molecule has 27 heavy (non-hydrogen) atoms. The Morgan fingerprint density at radius 3 is 2.74 bits per heavy atom. The first-order valence-electron chi connectivity index (χ1n) is 9.12. The third-order valence-electron chi connectivity index (χ3n) is 5.14. The summed E-state index contributed by atoms with van der Waals surface area (Å²) in [6.07, 6.45) is 0.647. The highest BCUT2D eigenvalue weighted by molar-refractivity contribution is 8.02. The smallest absolute Gasteiger partial charge is 0.232 e. The van der Waals surface area contributed by atoms with Gasteiger partial charge in [-0.25, -0.2) is 12.8 Å². The number of hydrogen-bond donors (Lipinski definition) is 1.